The Balaban J connectivity index is 2.32. The van der Waals surface area contributed by atoms with Gasteiger partial charge in [-0.2, -0.15) is 5.26 Å². The number of nitrogens with one attached hydrogen (secondary N) is 1. The number of nitrogens with zero attached hydrogens (tertiary/aromatic N) is 1. The first-order valence-electron chi connectivity index (χ1n) is 6.52. The summed E-state index contributed by atoms with van der Waals surface area (Å²) in [5, 5.41) is 12.0. The van der Waals surface area contributed by atoms with Crippen LogP contribution in [0.1, 0.15) is 19.4 Å². The number of rotatable bonds is 4. The second-order valence-corrected chi connectivity index (χ2v) is 4.85. The second-order valence-electron chi connectivity index (χ2n) is 4.85. The molecule has 2 aromatic carbocycles. The average Bonchev–Trinajstić information content (AvgIpc) is 2.44. The van der Waals surface area contributed by atoms with Crippen molar-refractivity contribution in [3.05, 3.63) is 47.8 Å². The first-order valence-corrected chi connectivity index (χ1v) is 6.52. The summed E-state index contributed by atoms with van der Waals surface area (Å²) in [6.07, 6.45) is -0.141. The van der Waals surface area contributed by atoms with Crippen molar-refractivity contribution >= 4 is 17.1 Å². The van der Waals surface area contributed by atoms with E-state index < -0.39 is 5.82 Å². The maximum atomic E-state index is 13.8. The van der Waals surface area contributed by atoms with Crippen molar-refractivity contribution in [1.82, 2.24) is 0 Å². The zero-order chi connectivity index (χ0) is 15.4. The summed E-state index contributed by atoms with van der Waals surface area (Å²) in [7, 11) is 0. The van der Waals surface area contributed by atoms with Gasteiger partial charge in [0.15, 0.2) is 11.6 Å². The molecule has 0 unspecified atom stereocenters. The zero-order valence-corrected chi connectivity index (χ0v) is 11.9. The molecule has 0 atom stereocenters. The van der Waals surface area contributed by atoms with Gasteiger partial charge >= 0.3 is 0 Å². The third-order valence-corrected chi connectivity index (χ3v) is 2.74. The summed E-state index contributed by atoms with van der Waals surface area (Å²) in [5.74, 6) is -0.365. The maximum Gasteiger partial charge on any atom is 0.167 e. The predicted molar refractivity (Wildman–Crippen MR) is 81.0 cm³/mol. The van der Waals surface area contributed by atoms with Gasteiger partial charge < -0.3 is 15.8 Å². The van der Waals surface area contributed by atoms with E-state index in [9.17, 15) is 4.39 Å². The van der Waals surface area contributed by atoms with E-state index in [1.165, 1.54) is 12.1 Å². The van der Waals surface area contributed by atoms with Crippen molar-refractivity contribution in [2.24, 2.45) is 0 Å². The normalized spacial score (nSPS) is 10.2. The lowest BCUT2D eigenvalue weighted by Crippen LogP contribution is -2.08. The molecule has 0 radical (unpaired) electrons. The highest BCUT2D eigenvalue weighted by Crippen LogP contribution is 2.31. The van der Waals surface area contributed by atoms with Crippen LogP contribution in [0, 0.1) is 17.1 Å². The third kappa shape index (κ3) is 3.63. The molecule has 0 bridgehead atoms. The molecule has 0 amide bonds. The minimum Gasteiger partial charge on any atom is -0.488 e. The first-order chi connectivity index (χ1) is 9.99. The van der Waals surface area contributed by atoms with Gasteiger partial charge in [-0.25, -0.2) is 4.39 Å². The molecule has 21 heavy (non-hydrogen) atoms. The van der Waals surface area contributed by atoms with Crippen molar-refractivity contribution in [2.45, 2.75) is 20.0 Å². The van der Waals surface area contributed by atoms with Gasteiger partial charge in [0, 0.05) is 17.8 Å². The van der Waals surface area contributed by atoms with E-state index in [-0.39, 0.29) is 17.5 Å². The van der Waals surface area contributed by atoms with Crippen LogP contribution in [0.3, 0.4) is 0 Å². The minimum absolute atomic E-state index is 0.137. The summed E-state index contributed by atoms with van der Waals surface area (Å²) in [5.41, 5.74) is 7.84. The fourth-order valence-corrected chi connectivity index (χ4v) is 1.84. The molecule has 0 aliphatic heterocycles. The minimum atomic E-state index is -0.502. The number of benzene rings is 2. The van der Waals surface area contributed by atoms with Crippen LogP contribution in [0.2, 0.25) is 0 Å². The Morgan fingerprint density at radius 1 is 1.29 bits per heavy atom. The highest BCUT2D eigenvalue weighted by molar-refractivity contribution is 5.74. The number of hydrogen-bond acceptors (Lipinski definition) is 4. The maximum absolute atomic E-state index is 13.8. The lowest BCUT2D eigenvalue weighted by Gasteiger charge is -2.15. The molecule has 2 rings (SSSR count). The van der Waals surface area contributed by atoms with Gasteiger partial charge in [0.05, 0.1) is 29.1 Å². The topological polar surface area (TPSA) is 71.1 Å². The lowest BCUT2D eigenvalue weighted by molar-refractivity contribution is 0.231. The van der Waals surface area contributed by atoms with Crippen molar-refractivity contribution in [2.75, 3.05) is 11.1 Å². The highest BCUT2D eigenvalue weighted by Gasteiger charge is 2.11. The Bertz CT molecular complexity index is 692. The molecule has 108 valence electrons. The number of nitrogen functional groups attached to an aromatic ring is 1. The van der Waals surface area contributed by atoms with Crippen LogP contribution < -0.4 is 15.8 Å². The van der Waals surface area contributed by atoms with Crippen molar-refractivity contribution < 1.29 is 9.13 Å². The summed E-state index contributed by atoms with van der Waals surface area (Å²) >= 11 is 0. The van der Waals surface area contributed by atoms with E-state index in [4.69, 9.17) is 15.7 Å². The molecule has 0 heterocycles. The molecular weight excluding hydrogens is 269 g/mol. The summed E-state index contributed by atoms with van der Waals surface area (Å²) < 4.78 is 19.2. The van der Waals surface area contributed by atoms with Gasteiger partial charge in [-0.3, -0.25) is 0 Å². The number of hydrogen-bond donors (Lipinski definition) is 2. The Hall–Kier alpha value is -2.74. The van der Waals surface area contributed by atoms with E-state index >= 15 is 0 Å². The first kappa shape index (κ1) is 14.7. The van der Waals surface area contributed by atoms with Gasteiger partial charge in [0.25, 0.3) is 0 Å². The summed E-state index contributed by atoms with van der Waals surface area (Å²) in [6.45, 7) is 3.64. The molecule has 0 spiro atoms. The predicted octanol–water partition coefficient (Wildman–Crippen LogP) is 3.81. The standard InChI is InChI=1S/C16H16FN3O/c1-10(2)21-16-8-15(14(19)7-13(16)17)20-12-5-3-4-11(6-12)9-18/h3-8,10,20H,19H2,1-2H3. The SMILES string of the molecule is CC(C)Oc1cc(Nc2cccc(C#N)c2)c(N)cc1F. The van der Waals surface area contributed by atoms with Gasteiger partial charge in [0.2, 0.25) is 0 Å². The molecule has 0 aliphatic carbocycles. The molecule has 4 nitrogen and oxygen atoms in total. The van der Waals surface area contributed by atoms with Crippen molar-refractivity contribution in [3.8, 4) is 11.8 Å². The highest BCUT2D eigenvalue weighted by atomic mass is 19.1. The van der Waals surface area contributed by atoms with Gasteiger partial charge in [-0.1, -0.05) is 6.07 Å². The van der Waals surface area contributed by atoms with Gasteiger partial charge in [0.1, 0.15) is 0 Å². The fraction of sp³-hybridized carbons (Fsp3) is 0.188. The fourth-order valence-electron chi connectivity index (χ4n) is 1.84. The monoisotopic (exact) mass is 285 g/mol. The van der Waals surface area contributed by atoms with E-state index in [0.717, 1.165) is 0 Å². The zero-order valence-electron chi connectivity index (χ0n) is 11.9. The van der Waals surface area contributed by atoms with Gasteiger partial charge in [-0.05, 0) is 32.0 Å². The van der Waals surface area contributed by atoms with E-state index in [2.05, 4.69) is 11.4 Å². The molecule has 0 saturated heterocycles. The molecule has 0 aromatic heterocycles. The Labute approximate surface area is 123 Å². The van der Waals surface area contributed by atoms with Crippen LogP contribution in [0.25, 0.3) is 0 Å². The molecule has 0 saturated carbocycles. The van der Waals surface area contributed by atoms with E-state index in [0.29, 0.717) is 16.9 Å². The second kappa shape index (κ2) is 6.14. The number of anilines is 3. The van der Waals surface area contributed by atoms with Crippen LogP contribution >= 0.6 is 0 Å². The molecule has 0 aliphatic rings. The number of ether oxygens (including phenoxy) is 1. The quantitative estimate of drug-likeness (QED) is 0.838. The Morgan fingerprint density at radius 2 is 2.05 bits per heavy atom. The lowest BCUT2D eigenvalue weighted by atomic mass is 10.2. The average molecular weight is 285 g/mol. The van der Waals surface area contributed by atoms with Crippen LogP contribution in [0.4, 0.5) is 21.5 Å². The van der Waals surface area contributed by atoms with Crippen molar-refractivity contribution in [3.63, 3.8) is 0 Å². The van der Waals surface area contributed by atoms with Crippen LogP contribution in [-0.2, 0) is 0 Å². The van der Waals surface area contributed by atoms with Crippen LogP contribution in [-0.4, -0.2) is 6.10 Å². The Kier molecular flexibility index (Phi) is 4.29. The molecule has 0 fully saturated rings. The summed E-state index contributed by atoms with van der Waals surface area (Å²) in [6, 6.07) is 11.7. The Morgan fingerprint density at radius 3 is 2.71 bits per heavy atom. The van der Waals surface area contributed by atoms with E-state index in [1.54, 1.807) is 24.3 Å². The van der Waals surface area contributed by atoms with Crippen LogP contribution in [0.5, 0.6) is 5.75 Å². The smallest absolute Gasteiger partial charge is 0.167 e. The third-order valence-electron chi connectivity index (χ3n) is 2.74. The molecule has 2 aromatic rings. The largest absolute Gasteiger partial charge is 0.488 e. The molecule has 3 N–H and O–H groups in total. The van der Waals surface area contributed by atoms with Crippen molar-refractivity contribution in [1.29, 1.82) is 5.26 Å². The molecule has 5 heteroatoms. The summed E-state index contributed by atoms with van der Waals surface area (Å²) in [4.78, 5) is 0. The van der Waals surface area contributed by atoms with Crippen LogP contribution in [0.15, 0.2) is 36.4 Å². The number of nitrogens with two attached hydrogens (primary N) is 1. The van der Waals surface area contributed by atoms with E-state index in [1.807, 2.05) is 13.8 Å². The number of halogens is 1. The molecular formula is C16H16FN3O. The van der Waals surface area contributed by atoms with Gasteiger partial charge in [-0.15, -0.1) is 0 Å². The number of nitriles is 1.